The van der Waals surface area contributed by atoms with Crippen LogP contribution in [0.4, 0.5) is 10.5 Å². The molecule has 0 aliphatic carbocycles. The Morgan fingerprint density at radius 3 is 2.74 bits per heavy atom. The number of anilines is 1. The summed E-state index contributed by atoms with van der Waals surface area (Å²) in [5, 5.41) is 7.16. The third kappa shape index (κ3) is 3.31. The molecule has 1 aliphatic heterocycles. The van der Waals surface area contributed by atoms with Crippen molar-refractivity contribution in [3.63, 3.8) is 0 Å². The van der Waals surface area contributed by atoms with Crippen molar-refractivity contribution >= 4 is 39.5 Å². The summed E-state index contributed by atoms with van der Waals surface area (Å²) in [4.78, 5) is 34.0. The van der Waals surface area contributed by atoms with Gasteiger partial charge in [-0.15, -0.1) is 0 Å². The first-order valence-electron chi connectivity index (χ1n) is 5.63. The molecule has 19 heavy (non-hydrogen) atoms. The highest BCUT2D eigenvalue weighted by molar-refractivity contribution is 9.10. The molecule has 100 valence electrons. The van der Waals surface area contributed by atoms with Crippen molar-refractivity contribution in [2.75, 3.05) is 5.32 Å². The lowest BCUT2D eigenvalue weighted by atomic mass is 10.1. The van der Waals surface area contributed by atoms with Crippen LogP contribution in [0, 0.1) is 6.92 Å². The smallest absolute Gasteiger partial charge is 0.322 e. The highest BCUT2D eigenvalue weighted by Gasteiger charge is 2.31. The molecule has 3 N–H and O–H groups in total. The fourth-order valence-corrected chi connectivity index (χ4v) is 2.23. The van der Waals surface area contributed by atoms with E-state index < -0.39 is 18.0 Å². The van der Waals surface area contributed by atoms with Gasteiger partial charge in [-0.25, -0.2) is 4.79 Å². The lowest BCUT2D eigenvalue weighted by Crippen LogP contribution is -2.33. The van der Waals surface area contributed by atoms with Crippen LogP contribution in [0.25, 0.3) is 0 Å². The van der Waals surface area contributed by atoms with Gasteiger partial charge in [-0.1, -0.05) is 15.9 Å². The van der Waals surface area contributed by atoms with Crippen molar-refractivity contribution in [1.29, 1.82) is 0 Å². The maximum Gasteiger partial charge on any atom is 0.322 e. The van der Waals surface area contributed by atoms with Crippen LogP contribution in [0.5, 0.6) is 0 Å². The van der Waals surface area contributed by atoms with Crippen LogP contribution in [0.2, 0.25) is 0 Å². The third-order valence-corrected chi connectivity index (χ3v) is 3.20. The van der Waals surface area contributed by atoms with Gasteiger partial charge in [0.1, 0.15) is 6.04 Å². The van der Waals surface area contributed by atoms with E-state index in [1.165, 1.54) is 0 Å². The van der Waals surface area contributed by atoms with Crippen LogP contribution >= 0.6 is 15.9 Å². The van der Waals surface area contributed by atoms with E-state index in [9.17, 15) is 14.4 Å². The molecule has 0 spiro atoms. The summed E-state index contributed by atoms with van der Waals surface area (Å²) in [7, 11) is 0. The standard InChI is InChI=1S/C12H12BrN3O3/c1-6-4-7(13)2-3-8(6)14-10(17)5-9-11(18)16-12(19)15-9/h2-4,9H,5H2,1H3,(H,14,17)(H2,15,16,18,19)/t9-/m0/s1. The van der Waals surface area contributed by atoms with E-state index in [-0.39, 0.29) is 12.3 Å². The van der Waals surface area contributed by atoms with Crippen molar-refractivity contribution in [2.24, 2.45) is 0 Å². The van der Waals surface area contributed by atoms with E-state index in [1.807, 2.05) is 19.1 Å². The van der Waals surface area contributed by atoms with Gasteiger partial charge >= 0.3 is 6.03 Å². The minimum Gasteiger partial charge on any atom is -0.326 e. The molecule has 2 rings (SSSR count). The van der Waals surface area contributed by atoms with Crippen LogP contribution in [-0.2, 0) is 9.59 Å². The lowest BCUT2D eigenvalue weighted by Gasteiger charge is -2.10. The summed E-state index contributed by atoms with van der Waals surface area (Å²) < 4.78 is 0.922. The minimum atomic E-state index is -0.803. The van der Waals surface area contributed by atoms with Crippen LogP contribution < -0.4 is 16.0 Å². The number of benzene rings is 1. The molecular weight excluding hydrogens is 314 g/mol. The lowest BCUT2D eigenvalue weighted by molar-refractivity contribution is -0.124. The molecule has 4 amide bonds. The summed E-state index contributed by atoms with van der Waals surface area (Å²) in [5.41, 5.74) is 1.58. The van der Waals surface area contributed by atoms with Gasteiger partial charge in [0.2, 0.25) is 5.91 Å². The monoisotopic (exact) mass is 325 g/mol. The van der Waals surface area contributed by atoms with E-state index in [1.54, 1.807) is 6.07 Å². The zero-order valence-electron chi connectivity index (χ0n) is 10.1. The van der Waals surface area contributed by atoms with Crippen molar-refractivity contribution in [3.05, 3.63) is 28.2 Å². The molecule has 0 radical (unpaired) electrons. The Bertz CT molecular complexity index is 559. The number of aryl methyl sites for hydroxylation is 1. The Balaban J connectivity index is 1.98. The summed E-state index contributed by atoms with van der Waals surface area (Å²) in [6.45, 7) is 1.87. The first-order chi connectivity index (χ1) is 8.95. The first kappa shape index (κ1) is 13.5. The number of carbonyl (C=O) groups is 3. The molecule has 1 aliphatic rings. The maximum absolute atomic E-state index is 11.8. The highest BCUT2D eigenvalue weighted by atomic mass is 79.9. The Morgan fingerprint density at radius 1 is 1.42 bits per heavy atom. The minimum absolute atomic E-state index is 0.0902. The molecule has 7 heteroatoms. The van der Waals surface area contributed by atoms with Gasteiger partial charge in [-0.3, -0.25) is 14.9 Å². The number of urea groups is 1. The van der Waals surface area contributed by atoms with Crippen molar-refractivity contribution in [1.82, 2.24) is 10.6 Å². The predicted molar refractivity (Wildman–Crippen MR) is 72.6 cm³/mol. The van der Waals surface area contributed by atoms with Crippen molar-refractivity contribution < 1.29 is 14.4 Å². The van der Waals surface area contributed by atoms with Gasteiger partial charge < -0.3 is 10.6 Å². The van der Waals surface area contributed by atoms with Crippen molar-refractivity contribution in [2.45, 2.75) is 19.4 Å². The second-order valence-electron chi connectivity index (χ2n) is 4.23. The van der Waals surface area contributed by atoms with E-state index in [4.69, 9.17) is 0 Å². The Hall–Kier alpha value is -1.89. The van der Waals surface area contributed by atoms with E-state index in [0.29, 0.717) is 5.69 Å². The molecule has 1 fully saturated rings. The molecule has 6 nitrogen and oxygen atoms in total. The largest absolute Gasteiger partial charge is 0.326 e. The fraction of sp³-hybridized carbons (Fsp3) is 0.250. The second kappa shape index (κ2) is 5.40. The van der Waals surface area contributed by atoms with Gasteiger partial charge in [0.25, 0.3) is 5.91 Å². The molecule has 1 saturated heterocycles. The third-order valence-electron chi connectivity index (χ3n) is 2.71. The number of halogens is 1. The number of nitrogens with one attached hydrogen (secondary N) is 3. The molecule has 1 heterocycles. The van der Waals surface area contributed by atoms with Gasteiger partial charge in [0, 0.05) is 10.2 Å². The van der Waals surface area contributed by atoms with E-state index in [0.717, 1.165) is 10.0 Å². The predicted octanol–water partition coefficient (Wildman–Crippen LogP) is 1.29. The number of amides is 4. The van der Waals surface area contributed by atoms with Gasteiger partial charge in [-0.2, -0.15) is 0 Å². The summed E-state index contributed by atoms with van der Waals surface area (Å²) >= 11 is 3.33. The average molecular weight is 326 g/mol. The topological polar surface area (TPSA) is 87.3 Å². The van der Waals surface area contributed by atoms with Gasteiger partial charge in [0.05, 0.1) is 6.42 Å². The molecule has 1 aromatic carbocycles. The molecular formula is C12H12BrN3O3. The molecule has 1 aromatic rings. The van der Waals surface area contributed by atoms with E-state index >= 15 is 0 Å². The maximum atomic E-state index is 11.8. The first-order valence-corrected chi connectivity index (χ1v) is 6.42. The Labute approximate surface area is 118 Å². The molecule has 0 saturated carbocycles. The fourth-order valence-electron chi connectivity index (χ4n) is 1.76. The van der Waals surface area contributed by atoms with Crippen LogP contribution in [0.3, 0.4) is 0 Å². The summed E-state index contributed by atoms with van der Waals surface area (Å²) in [6.07, 6.45) is -0.0902. The molecule has 0 unspecified atom stereocenters. The van der Waals surface area contributed by atoms with Crippen LogP contribution in [0.1, 0.15) is 12.0 Å². The van der Waals surface area contributed by atoms with Crippen LogP contribution in [0.15, 0.2) is 22.7 Å². The Kier molecular flexibility index (Phi) is 3.84. The molecule has 0 aromatic heterocycles. The molecule has 1 atom stereocenters. The summed E-state index contributed by atoms with van der Waals surface area (Å²) in [6, 6.07) is 4.09. The molecule has 0 bridgehead atoms. The zero-order valence-corrected chi connectivity index (χ0v) is 11.7. The SMILES string of the molecule is Cc1cc(Br)ccc1NC(=O)C[C@@H]1NC(=O)NC1=O. The van der Waals surface area contributed by atoms with E-state index in [2.05, 4.69) is 31.9 Å². The van der Waals surface area contributed by atoms with Crippen molar-refractivity contribution in [3.8, 4) is 0 Å². The Morgan fingerprint density at radius 2 is 2.16 bits per heavy atom. The quantitative estimate of drug-likeness (QED) is 0.732. The normalized spacial score (nSPS) is 17.9. The van der Waals surface area contributed by atoms with Gasteiger partial charge in [0.15, 0.2) is 0 Å². The van der Waals surface area contributed by atoms with Gasteiger partial charge in [-0.05, 0) is 30.7 Å². The van der Waals surface area contributed by atoms with Crippen LogP contribution in [-0.4, -0.2) is 23.9 Å². The number of hydrogen-bond acceptors (Lipinski definition) is 3. The zero-order chi connectivity index (χ0) is 14.0. The second-order valence-corrected chi connectivity index (χ2v) is 5.14. The average Bonchev–Trinajstić information content (AvgIpc) is 2.61. The number of imide groups is 1. The summed E-state index contributed by atoms with van der Waals surface area (Å²) in [5.74, 6) is -0.805. The number of rotatable bonds is 3. The highest BCUT2D eigenvalue weighted by Crippen LogP contribution is 2.20. The number of carbonyl (C=O) groups excluding carboxylic acids is 3. The number of hydrogen-bond donors (Lipinski definition) is 3.